The molecule has 0 saturated carbocycles. The number of carboxylic acid groups (broad SMARTS) is 1. The molecule has 3 aromatic carbocycles. The molecule has 1 N–H and O–H groups in total. The van der Waals surface area contributed by atoms with E-state index >= 15 is 0 Å². The van der Waals surface area contributed by atoms with E-state index in [4.69, 9.17) is 14.6 Å². The lowest BCUT2D eigenvalue weighted by molar-refractivity contribution is -0.136. The van der Waals surface area contributed by atoms with Crippen LogP contribution in [-0.4, -0.2) is 39.3 Å². The van der Waals surface area contributed by atoms with Crippen molar-refractivity contribution in [3.05, 3.63) is 95.9 Å². The van der Waals surface area contributed by atoms with Crippen LogP contribution in [0.15, 0.2) is 84.8 Å². The number of aromatic nitrogens is 3. The van der Waals surface area contributed by atoms with E-state index < -0.39 is 5.97 Å². The first-order valence-electron chi connectivity index (χ1n) is 11.8. The predicted molar refractivity (Wildman–Crippen MR) is 146 cm³/mol. The molecule has 8 heteroatoms. The number of nitrogens with zero attached hydrogens (tertiary/aromatic N) is 3. The largest absolute Gasteiger partial charge is 0.493 e. The summed E-state index contributed by atoms with van der Waals surface area (Å²) in [5.41, 5.74) is 4.94. The minimum absolute atomic E-state index is 0.0518. The van der Waals surface area contributed by atoms with Crippen molar-refractivity contribution in [1.29, 1.82) is 0 Å². The van der Waals surface area contributed by atoms with E-state index in [-0.39, 0.29) is 6.42 Å². The first-order valence-corrected chi connectivity index (χ1v) is 12.7. The summed E-state index contributed by atoms with van der Waals surface area (Å²) in [6.45, 7) is 4.66. The smallest absolute Gasteiger partial charge is 0.307 e. The highest BCUT2D eigenvalue weighted by Gasteiger charge is 2.13. The second-order valence-electron chi connectivity index (χ2n) is 8.32. The summed E-state index contributed by atoms with van der Waals surface area (Å²) in [6, 6.07) is 23.3. The van der Waals surface area contributed by atoms with E-state index in [1.54, 1.807) is 34.3 Å². The van der Waals surface area contributed by atoms with Gasteiger partial charge in [0.05, 0.1) is 19.6 Å². The molecule has 0 aliphatic carbocycles. The van der Waals surface area contributed by atoms with Gasteiger partial charge in [-0.2, -0.15) is 0 Å². The van der Waals surface area contributed by atoms with E-state index in [1.165, 1.54) is 0 Å². The van der Waals surface area contributed by atoms with Gasteiger partial charge in [-0.15, -0.1) is 26.3 Å². The van der Waals surface area contributed by atoms with Gasteiger partial charge in [-0.3, -0.25) is 4.79 Å². The maximum atomic E-state index is 11.0. The molecule has 0 radical (unpaired) electrons. The van der Waals surface area contributed by atoms with Crippen molar-refractivity contribution in [2.24, 2.45) is 0 Å². The Balaban J connectivity index is 1.27. The molecule has 0 atom stereocenters. The number of carbonyl (C=O) groups is 1. The summed E-state index contributed by atoms with van der Waals surface area (Å²) in [4.78, 5) is 13.8. The maximum absolute atomic E-state index is 11.0. The van der Waals surface area contributed by atoms with Crippen LogP contribution in [0.3, 0.4) is 0 Å². The maximum Gasteiger partial charge on any atom is 0.307 e. The monoisotopic (exact) mass is 511 g/mol. The second kappa shape index (κ2) is 11.1. The molecule has 2 heterocycles. The number of thiophene rings is 1. The third-order valence-corrected chi connectivity index (χ3v) is 6.68. The molecular weight excluding hydrogens is 486 g/mol. The molecule has 37 heavy (non-hydrogen) atoms. The van der Waals surface area contributed by atoms with Crippen LogP contribution in [0.5, 0.6) is 11.5 Å². The number of ether oxygens (including phenoxy) is 2. The molecule has 186 valence electrons. The number of carboxylic acids is 1. The van der Waals surface area contributed by atoms with Crippen LogP contribution in [0.1, 0.15) is 17.5 Å². The minimum atomic E-state index is -0.880. The second-order valence-corrected chi connectivity index (χ2v) is 9.27. The Bertz CT molecular complexity index is 1510. The Hall–Kier alpha value is -4.43. The first kappa shape index (κ1) is 24.3. The van der Waals surface area contributed by atoms with Crippen LogP contribution in [0, 0.1) is 0 Å². The highest BCUT2D eigenvalue weighted by Crippen LogP contribution is 2.32. The van der Waals surface area contributed by atoms with Gasteiger partial charge in [-0.25, -0.2) is 0 Å². The van der Waals surface area contributed by atoms with Crippen LogP contribution in [0.4, 0.5) is 0 Å². The first-order chi connectivity index (χ1) is 18.1. The molecule has 0 fully saturated rings. The quantitative estimate of drug-likeness (QED) is 0.211. The van der Waals surface area contributed by atoms with Gasteiger partial charge in [0.1, 0.15) is 28.2 Å². The molecule has 0 saturated heterocycles. The zero-order chi connectivity index (χ0) is 25.6. The van der Waals surface area contributed by atoms with Crippen LogP contribution < -0.4 is 9.47 Å². The Morgan fingerprint density at radius 1 is 0.973 bits per heavy atom. The Labute approximate surface area is 218 Å². The molecular formula is C29H25N3O4S. The van der Waals surface area contributed by atoms with Crippen LogP contribution in [0.25, 0.3) is 33.2 Å². The van der Waals surface area contributed by atoms with Crippen molar-refractivity contribution >= 4 is 34.4 Å². The van der Waals surface area contributed by atoms with E-state index in [1.807, 2.05) is 54.6 Å². The fourth-order valence-corrected chi connectivity index (χ4v) is 4.69. The van der Waals surface area contributed by atoms with E-state index in [2.05, 4.69) is 28.2 Å². The summed E-state index contributed by atoms with van der Waals surface area (Å²) in [5.74, 6) is 0.472. The van der Waals surface area contributed by atoms with Gasteiger partial charge >= 0.3 is 5.97 Å². The van der Waals surface area contributed by atoms with E-state index in [0.717, 1.165) is 32.7 Å². The third-order valence-electron chi connectivity index (χ3n) is 5.76. The number of hydrogen-bond donors (Lipinski definition) is 1. The fourth-order valence-electron chi connectivity index (χ4n) is 3.97. The van der Waals surface area contributed by atoms with Crippen molar-refractivity contribution in [3.8, 4) is 27.6 Å². The molecule has 5 rings (SSSR count). The average Bonchev–Trinajstić information content (AvgIpc) is 3.59. The third kappa shape index (κ3) is 5.70. The zero-order valence-electron chi connectivity index (χ0n) is 20.0. The van der Waals surface area contributed by atoms with Crippen molar-refractivity contribution in [2.45, 2.75) is 12.8 Å². The van der Waals surface area contributed by atoms with Crippen LogP contribution >= 0.6 is 11.3 Å². The highest BCUT2D eigenvalue weighted by atomic mass is 32.1. The van der Waals surface area contributed by atoms with Gasteiger partial charge in [-0.05, 0) is 70.6 Å². The number of aliphatic carboxylic acids is 1. The molecule has 0 spiro atoms. The lowest BCUT2D eigenvalue weighted by Crippen LogP contribution is -2.08. The van der Waals surface area contributed by atoms with Gasteiger partial charge in [0.15, 0.2) is 0 Å². The highest BCUT2D eigenvalue weighted by molar-refractivity contribution is 7.13. The Morgan fingerprint density at radius 3 is 2.46 bits per heavy atom. The average molecular weight is 512 g/mol. The normalized spacial score (nSPS) is 10.9. The van der Waals surface area contributed by atoms with Crippen LogP contribution in [0.2, 0.25) is 0 Å². The number of rotatable bonds is 11. The number of benzene rings is 3. The zero-order valence-corrected chi connectivity index (χ0v) is 20.9. The molecule has 0 bridgehead atoms. The molecule has 0 unspecified atom stereocenters. The van der Waals surface area contributed by atoms with Gasteiger partial charge in [0.2, 0.25) is 0 Å². The summed E-state index contributed by atoms with van der Waals surface area (Å²) in [7, 11) is 0. The summed E-state index contributed by atoms with van der Waals surface area (Å²) < 4.78 is 12.0. The van der Waals surface area contributed by atoms with E-state index in [0.29, 0.717) is 36.7 Å². The predicted octanol–water partition coefficient (Wildman–Crippen LogP) is 6.27. The molecule has 5 aromatic rings. The van der Waals surface area contributed by atoms with Gasteiger partial charge in [0, 0.05) is 11.3 Å². The van der Waals surface area contributed by atoms with Crippen molar-refractivity contribution in [3.63, 3.8) is 0 Å². The summed E-state index contributed by atoms with van der Waals surface area (Å²) in [6.07, 6.45) is 2.24. The summed E-state index contributed by atoms with van der Waals surface area (Å²) in [5, 5.41) is 20.4. The topological polar surface area (TPSA) is 86.5 Å². The number of hydrogen-bond acceptors (Lipinski definition) is 6. The molecule has 0 amide bonds. The van der Waals surface area contributed by atoms with Crippen molar-refractivity contribution in [2.75, 3.05) is 13.2 Å². The van der Waals surface area contributed by atoms with Gasteiger partial charge < -0.3 is 14.6 Å². The van der Waals surface area contributed by atoms with E-state index in [9.17, 15) is 4.79 Å². The SMILES string of the molecule is C=Cc1cc(OCCCOc2ccc(-c3cccs3)cc2-n2nc3ccccc3n2)ccc1CC(=O)O. The lowest BCUT2D eigenvalue weighted by atomic mass is 10.0. The van der Waals surface area contributed by atoms with Crippen molar-refractivity contribution < 1.29 is 19.4 Å². The fraction of sp³-hybridized carbons (Fsp3) is 0.138. The Morgan fingerprint density at radius 2 is 1.76 bits per heavy atom. The molecule has 7 nitrogen and oxygen atoms in total. The molecule has 0 aliphatic heterocycles. The number of fused-ring (bicyclic) bond motifs is 1. The van der Waals surface area contributed by atoms with Gasteiger partial charge in [-0.1, -0.05) is 36.9 Å². The minimum Gasteiger partial charge on any atom is -0.493 e. The summed E-state index contributed by atoms with van der Waals surface area (Å²) >= 11 is 1.68. The van der Waals surface area contributed by atoms with Crippen LogP contribution in [-0.2, 0) is 11.2 Å². The lowest BCUT2D eigenvalue weighted by Gasteiger charge is -2.13. The standard InChI is InChI=1S/C29H25N3O4S/c1-2-20-17-23(12-10-21(20)19-29(33)34)35-14-6-15-36-27-13-11-22(28-9-5-16-37-28)18-26(27)32-30-24-7-3-4-8-25(24)31-32/h2-5,7-13,16-18H,1,6,14-15,19H2,(H,33,34). The molecule has 2 aromatic heterocycles. The van der Waals surface area contributed by atoms with Gasteiger partial charge in [0.25, 0.3) is 0 Å². The molecule has 0 aliphatic rings. The Kier molecular flexibility index (Phi) is 7.28. The van der Waals surface area contributed by atoms with Crippen molar-refractivity contribution in [1.82, 2.24) is 15.0 Å².